The van der Waals surface area contributed by atoms with Crippen LogP contribution < -0.4 is 59.5 Å². The molecule has 0 amide bonds. The van der Waals surface area contributed by atoms with Crippen LogP contribution in [0.4, 0.5) is 17.3 Å². The number of rotatable bonds is 3. The molecule has 7 aromatic rings. The van der Waals surface area contributed by atoms with Crippen LogP contribution in [0.3, 0.4) is 0 Å². The lowest BCUT2D eigenvalue weighted by molar-refractivity contribution is 1.03. The van der Waals surface area contributed by atoms with Crippen molar-refractivity contribution in [2.75, 3.05) is 4.90 Å². The minimum Gasteiger partial charge on any atom is -0.278 e. The maximum absolute atomic E-state index is 5.41. The van der Waals surface area contributed by atoms with E-state index in [1.165, 1.54) is 60.0 Å². The summed E-state index contributed by atoms with van der Waals surface area (Å²) in [7, 11) is 22.1. The van der Waals surface area contributed by atoms with Gasteiger partial charge in [0.25, 0.3) is 0 Å². The van der Waals surface area contributed by atoms with Crippen molar-refractivity contribution in [2.45, 2.75) is 0 Å². The molecule has 0 atom stereocenters. The molecule has 8 rings (SSSR count). The van der Waals surface area contributed by atoms with Gasteiger partial charge in [-0.1, -0.05) is 70.4 Å². The third-order valence-corrected chi connectivity index (χ3v) is 11.6. The molecule has 3 heterocycles. The first-order chi connectivity index (χ1) is 23.5. The minimum atomic E-state index is 0.600. The Kier molecular flexibility index (Phi) is 7.33. The topological polar surface area (TPSA) is 54.8 Å². The molecule has 0 saturated carbocycles. The van der Waals surface area contributed by atoms with Crippen LogP contribution in [0, 0.1) is 0 Å². The molecular weight excluding hydrogens is 587 g/mol. The number of fused-ring (bicyclic) bond motifs is 4. The van der Waals surface area contributed by atoms with Crippen LogP contribution in [-0.2, 0) is 0 Å². The van der Waals surface area contributed by atoms with Crippen molar-refractivity contribution in [3.8, 4) is 34.0 Å². The maximum atomic E-state index is 5.41. The fourth-order valence-electron chi connectivity index (χ4n) is 7.94. The summed E-state index contributed by atoms with van der Waals surface area (Å²) in [5.41, 5.74) is 19.8. The first-order valence-corrected chi connectivity index (χ1v) is 17.1. The molecule has 0 N–H and O–H groups in total. The predicted molar refractivity (Wildman–Crippen MR) is 239 cm³/mol. The van der Waals surface area contributed by atoms with Gasteiger partial charge in [0, 0.05) is 27.5 Å². The van der Waals surface area contributed by atoms with E-state index in [0.29, 0.717) is 17.6 Å². The second-order valence-electron chi connectivity index (χ2n) is 13.8. The van der Waals surface area contributed by atoms with Crippen molar-refractivity contribution in [1.29, 1.82) is 0 Å². The molecule has 0 bridgehead atoms. The van der Waals surface area contributed by atoms with E-state index >= 15 is 0 Å². The van der Waals surface area contributed by atoms with Gasteiger partial charge in [-0.2, -0.15) is 9.97 Å². The quantitative estimate of drug-likeness (QED) is 0.146. The second kappa shape index (κ2) is 11.4. The van der Waals surface area contributed by atoms with Crippen molar-refractivity contribution in [1.82, 2.24) is 19.9 Å². The van der Waals surface area contributed by atoms with Crippen LogP contribution in [0.15, 0.2) is 66.7 Å². The number of benzene rings is 5. The van der Waals surface area contributed by atoms with Crippen LogP contribution in [0.5, 0.6) is 0 Å². The van der Waals surface area contributed by atoms with Crippen molar-refractivity contribution < 1.29 is 0 Å². The normalized spacial score (nSPS) is 12.0. The predicted octanol–water partition coefficient (Wildman–Crippen LogP) is -9.06. The van der Waals surface area contributed by atoms with Crippen molar-refractivity contribution in [2.24, 2.45) is 0 Å². The summed E-state index contributed by atoms with van der Waals surface area (Å²) in [4.78, 5) is 23.7. The van der Waals surface area contributed by atoms with E-state index in [9.17, 15) is 0 Å². The van der Waals surface area contributed by atoms with Crippen LogP contribution in [0.25, 0.3) is 55.7 Å². The smallest absolute Gasteiger partial charge is 0.238 e. The zero-order chi connectivity index (χ0) is 34.5. The lowest BCUT2D eigenvalue weighted by atomic mass is 9.60. The van der Waals surface area contributed by atoms with Crippen LogP contribution in [0.1, 0.15) is 0 Å². The number of nitrogens with zero attached hydrogens (tertiary/aromatic N) is 5. The number of anilines is 3. The van der Waals surface area contributed by atoms with Crippen molar-refractivity contribution in [3.63, 3.8) is 0 Å². The van der Waals surface area contributed by atoms with E-state index < -0.39 is 0 Å². The fourth-order valence-corrected chi connectivity index (χ4v) is 7.94. The van der Waals surface area contributed by atoms with Crippen LogP contribution in [-0.4, -0.2) is 98.4 Å². The van der Waals surface area contributed by atoms with Gasteiger partial charge in [-0.3, -0.25) is 4.90 Å². The highest BCUT2D eigenvalue weighted by molar-refractivity contribution is 6.69. The molecule has 0 radical (unpaired) electrons. The lowest BCUT2D eigenvalue weighted by Crippen LogP contribution is -2.55. The number of aromatic nitrogens is 4. The third kappa shape index (κ3) is 4.54. The summed E-state index contributed by atoms with van der Waals surface area (Å²) in [5.74, 6) is 1.99. The molecule has 0 fully saturated rings. The van der Waals surface area contributed by atoms with Gasteiger partial charge in [0.2, 0.25) is 5.95 Å². The van der Waals surface area contributed by atoms with Gasteiger partial charge in [0.05, 0.1) is 22.6 Å². The van der Waals surface area contributed by atoms with E-state index in [0.717, 1.165) is 50.0 Å². The highest BCUT2D eigenvalue weighted by Gasteiger charge is 2.31. The molecule has 5 aromatic carbocycles. The first-order valence-electron chi connectivity index (χ1n) is 17.1. The number of pyridine rings is 1. The van der Waals surface area contributed by atoms with Crippen LogP contribution >= 0.6 is 0 Å². The van der Waals surface area contributed by atoms with Gasteiger partial charge >= 0.3 is 0 Å². The fraction of sp³-hybridized carbons (Fsp3) is 0. The van der Waals surface area contributed by atoms with E-state index in [-0.39, 0.29) is 0 Å². The zero-order valence-corrected chi connectivity index (χ0v) is 30.1. The maximum Gasteiger partial charge on any atom is 0.238 e. The monoisotopic (exact) mass is 619 g/mol. The molecular formula is C34H31B10N5. The summed E-state index contributed by atoms with van der Waals surface area (Å²) in [6.45, 7) is 0. The van der Waals surface area contributed by atoms with Gasteiger partial charge in [-0.05, 0) is 23.6 Å². The second-order valence-corrected chi connectivity index (χ2v) is 13.8. The SMILES string of the molecule is Bc1c(B)c(B)c(-c2nc(-c3c(B)c(B)c(B)c(B)c3B)nc(N3c4ccccc4-c4nc5ccccc5c5cccc3c45)n2)c(B)c1B. The Morgan fingerprint density at radius 1 is 0.408 bits per heavy atom. The Morgan fingerprint density at radius 3 is 1.47 bits per heavy atom. The molecule has 0 unspecified atom stereocenters. The van der Waals surface area contributed by atoms with Gasteiger partial charge in [0.1, 0.15) is 78.5 Å². The van der Waals surface area contributed by atoms with Gasteiger partial charge in [-0.25, -0.2) is 9.97 Å². The molecule has 5 nitrogen and oxygen atoms in total. The molecule has 1 aliphatic heterocycles. The molecule has 49 heavy (non-hydrogen) atoms. The summed E-state index contributed by atoms with van der Waals surface area (Å²) in [6.07, 6.45) is 0. The average molecular weight is 618 g/mol. The largest absolute Gasteiger partial charge is 0.278 e. The number of hydrogen-bond donors (Lipinski definition) is 0. The van der Waals surface area contributed by atoms with E-state index in [2.05, 4.69) is 150 Å². The molecule has 1 aliphatic rings. The first kappa shape index (κ1) is 31.5. The summed E-state index contributed by atoms with van der Waals surface area (Å²) in [5, 5.41) is 3.40. The molecule has 0 aliphatic carbocycles. The van der Waals surface area contributed by atoms with Crippen molar-refractivity contribution >= 4 is 172 Å². The Bertz CT molecular complexity index is 2450. The number of hydrogen-bond acceptors (Lipinski definition) is 5. The average Bonchev–Trinajstić information content (AvgIpc) is 3.11. The lowest BCUT2D eigenvalue weighted by Gasteiger charge is -2.32. The number of para-hydroxylation sites is 2. The highest BCUT2D eigenvalue weighted by atomic mass is 15.3. The van der Waals surface area contributed by atoms with Gasteiger partial charge < -0.3 is 0 Å². The van der Waals surface area contributed by atoms with E-state index in [1.54, 1.807) is 0 Å². The van der Waals surface area contributed by atoms with Gasteiger partial charge in [-0.15, -0.1) is 32.8 Å². The summed E-state index contributed by atoms with van der Waals surface area (Å²) >= 11 is 0. The van der Waals surface area contributed by atoms with Gasteiger partial charge in [0.15, 0.2) is 11.6 Å². The van der Waals surface area contributed by atoms with E-state index in [1.807, 2.05) is 0 Å². The summed E-state index contributed by atoms with van der Waals surface area (Å²) in [6, 6.07) is 23.4. The molecule has 15 heteroatoms. The standard InChI is InChI=1S/C34H31B10N5/c35-21-19(22(36)26(40)29(43)25(21)39)32-46-33(20-23(37)27(41)30(44)28(42)24(20)38)48-34(47-32)49-16-10-4-2-7-14(16)31-18-13(8-5-11-17(18)49)12-6-1-3-9-15(12)45-31/h1-11H,35-44H2. The van der Waals surface area contributed by atoms with Crippen LogP contribution in [0.2, 0.25) is 0 Å². The molecule has 0 spiro atoms. The minimum absolute atomic E-state index is 0.600. The van der Waals surface area contributed by atoms with Crippen molar-refractivity contribution in [3.05, 3.63) is 66.7 Å². The Labute approximate surface area is 296 Å². The molecule has 0 saturated heterocycles. The third-order valence-electron chi connectivity index (χ3n) is 11.6. The highest BCUT2D eigenvalue weighted by Crippen LogP contribution is 2.50. The Hall–Kier alpha value is -4.77. The Balaban J connectivity index is 1.51. The molecule has 2 aromatic heterocycles. The Morgan fingerprint density at radius 2 is 0.878 bits per heavy atom. The zero-order valence-electron chi connectivity index (χ0n) is 30.1. The molecule has 222 valence electrons. The van der Waals surface area contributed by atoms with E-state index in [4.69, 9.17) is 19.9 Å². The summed E-state index contributed by atoms with van der Waals surface area (Å²) < 4.78 is 0.